The van der Waals surface area contributed by atoms with Gasteiger partial charge in [-0.3, -0.25) is 0 Å². The summed E-state index contributed by atoms with van der Waals surface area (Å²) < 4.78 is 12.0. The molecular formula is C22H38O2Si2. The van der Waals surface area contributed by atoms with Gasteiger partial charge in [0.15, 0.2) is 0 Å². The molecule has 1 aromatic carbocycles. The first-order chi connectivity index (χ1) is 11.7. The van der Waals surface area contributed by atoms with Gasteiger partial charge in [0.1, 0.15) is 0 Å². The second kappa shape index (κ2) is 6.03. The highest BCUT2D eigenvalue weighted by molar-refractivity contribution is 7.02. The highest BCUT2D eigenvalue weighted by Gasteiger charge is 2.49. The smallest absolute Gasteiger partial charge is 0.0862 e. The lowest BCUT2D eigenvalue weighted by Gasteiger charge is -2.46. The van der Waals surface area contributed by atoms with Crippen molar-refractivity contribution in [3.05, 3.63) is 22.3 Å². The van der Waals surface area contributed by atoms with E-state index >= 15 is 0 Å². The van der Waals surface area contributed by atoms with E-state index < -0.39 is 16.1 Å². The van der Waals surface area contributed by atoms with E-state index in [1.807, 2.05) is 0 Å². The van der Waals surface area contributed by atoms with Crippen LogP contribution in [0.15, 0.2) is 0 Å². The lowest BCUT2D eigenvalue weighted by Crippen LogP contribution is -2.66. The van der Waals surface area contributed by atoms with E-state index in [0.717, 1.165) is 26.4 Å². The first-order valence-electron chi connectivity index (χ1n) is 10.1. The van der Waals surface area contributed by atoms with Crippen LogP contribution >= 0.6 is 0 Å². The fourth-order valence-electron chi connectivity index (χ4n) is 4.27. The molecule has 0 spiro atoms. The molecule has 2 nitrogen and oxygen atoms in total. The zero-order chi connectivity index (χ0) is 19.7. The Morgan fingerprint density at radius 2 is 0.808 bits per heavy atom. The summed E-state index contributed by atoms with van der Waals surface area (Å²) in [5.74, 6) is 0. The minimum Gasteiger partial charge on any atom is -0.372 e. The molecule has 0 amide bonds. The van der Waals surface area contributed by atoms with Crippen molar-refractivity contribution in [1.82, 2.24) is 0 Å². The van der Waals surface area contributed by atoms with Crippen molar-refractivity contribution < 1.29 is 9.47 Å². The molecule has 0 radical (unpaired) electrons. The summed E-state index contributed by atoms with van der Waals surface area (Å²) in [7, 11) is -3.43. The Kier molecular flexibility index (Phi) is 4.71. The molecule has 0 aromatic heterocycles. The van der Waals surface area contributed by atoms with Crippen molar-refractivity contribution in [2.24, 2.45) is 0 Å². The average molecular weight is 391 g/mol. The van der Waals surface area contributed by atoms with Crippen molar-refractivity contribution in [3.63, 3.8) is 0 Å². The maximum Gasteiger partial charge on any atom is 0.0862 e. The largest absolute Gasteiger partial charge is 0.372 e. The van der Waals surface area contributed by atoms with Crippen molar-refractivity contribution >= 4 is 26.5 Å². The molecule has 2 heterocycles. The predicted molar refractivity (Wildman–Crippen MR) is 117 cm³/mol. The average Bonchev–Trinajstić information content (AvgIpc) is 3.11. The van der Waals surface area contributed by atoms with Gasteiger partial charge in [-0.1, -0.05) is 78.1 Å². The molecule has 0 saturated heterocycles. The third-order valence-electron chi connectivity index (χ3n) is 7.93. The van der Waals surface area contributed by atoms with E-state index in [2.05, 4.69) is 67.7 Å². The molecule has 26 heavy (non-hydrogen) atoms. The second-order valence-electron chi connectivity index (χ2n) is 11.4. The molecular weight excluding hydrogens is 352 g/mol. The lowest BCUT2D eigenvalue weighted by atomic mass is 9.99. The summed E-state index contributed by atoms with van der Waals surface area (Å²) in [6.45, 7) is 28.2. The van der Waals surface area contributed by atoms with Crippen molar-refractivity contribution in [2.75, 3.05) is 0 Å². The fourth-order valence-corrected chi connectivity index (χ4v) is 11.2. The van der Waals surface area contributed by atoms with E-state index in [0.29, 0.717) is 10.1 Å². The van der Waals surface area contributed by atoms with Gasteiger partial charge in [0.05, 0.1) is 42.6 Å². The van der Waals surface area contributed by atoms with Crippen molar-refractivity contribution in [1.29, 1.82) is 0 Å². The van der Waals surface area contributed by atoms with Crippen LogP contribution in [0.25, 0.3) is 0 Å². The number of hydrogen-bond acceptors (Lipinski definition) is 2. The van der Waals surface area contributed by atoms with Crippen LogP contribution < -0.4 is 10.4 Å². The van der Waals surface area contributed by atoms with Gasteiger partial charge >= 0.3 is 0 Å². The molecule has 2 aliphatic rings. The summed E-state index contributed by atoms with van der Waals surface area (Å²) in [4.78, 5) is 0. The molecule has 0 aliphatic carbocycles. The lowest BCUT2D eigenvalue weighted by molar-refractivity contribution is 0.127. The molecule has 4 heteroatoms. The van der Waals surface area contributed by atoms with Crippen LogP contribution in [-0.4, -0.2) is 16.1 Å². The van der Waals surface area contributed by atoms with Crippen LogP contribution in [0, 0.1) is 0 Å². The number of ether oxygens (including phenoxy) is 2. The standard InChI is InChI=1S/C22H38O2Si2/c1-21(2,3)25(7,8)19-17-13-23-11-15(17)16-12-24-14-18(16)20(19)26(9,10)22(4,5)6/h11-14H2,1-10H3. The summed E-state index contributed by atoms with van der Waals surface area (Å²) >= 11 is 0. The third-order valence-corrected chi connectivity index (χ3v) is 19.3. The Labute approximate surface area is 162 Å². The van der Waals surface area contributed by atoms with Crippen LogP contribution in [0.5, 0.6) is 0 Å². The number of benzene rings is 1. The minimum atomic E-state index is -1.71. The van der Waals surface area contributed by atoms with E-state index in [4.69, 9.17) is 9.47 Å². The van der Waals surface area contributed by atoms with Crippen LogP contribution in [0.4, 0.5) is 0 Å². The van der Waals surface area contributed by atoms with Gasteiger partial charge in [0.25, 0.3) is 0 Å². The van der Waals surface area contributed by atoms with Gasteiger partial charge in [0, 0.05) is 0 Å². The van der Waals surface area contributed by atoms with Gasteiger partial charge in [-0.2, -0.15) is 0 Å². The quantitative estimate of drug-likeness (QED) is 0.648. The van der Waals surface area contributed by atoms with Crippen LogP contribution in [-0.2, 0) is 35.9 Å². The van der Waals surface area contributed by atoms with E-state index in [9.17, 15) is 0 Å². The molecule has 2 aliphatic heterocycles. The Morgan fingerprint density at radius 3 is 1.08 bits per heavy atom. The Hall–Kier alpha value is -0.426. The monoisotopic (exact) mass is 390 g/mol. The van der Waals surface area contributed by atoms with Gasteiger partial charge in [-0.25, -0.2) is 0 Å². The van der Waals surface area contributed by atoms with Gasteiger partial charge in [0.2, 0.25) is 0 Å². The summed E-state index contributed by atoms with van der Waals surface area (Å²) in [6, 6.07) is 0. The zero-order valence-corrected chi connectivity index (χ0v) is 20.6. The van der Waals surface area contributed by atoms with E-state index in [1.165, 1.54) is 11.1 Å². The maximum atomic E-state index is 6.02. The molecule has 146 valence electrons. The summed E-state index contributed by atoms with van der Waals surface area (Å²) in [5, 5.41) is 4.09. The first kappa shape index (κ1) is 20.3. The molecule has 0 N–H and O–H groups in total. The zero-order valence-electron chi connectivity index (χ0n) is 18.6. The summed E-state index contributed by atoms with van der Waals surface area (Å²) in [5.41, 5.74) is 6.03. The molecule has 0 unspecified atom stereocenters. The minimum absolute atomic E-state index is 0.314. The fraction of sp³-hybridized carbons (Fsp3) is 0.727. The first-order valence-corrected chi connectivity index (χ1v) is 16.1. The number of fused-ring (bicyclic) bond motifs is 3. The molecule has 3 rings (SSSR count). The normalized spacial score (nSPS) is 18.2. The molecule has 0 atom stereocenters. The Bertz CT molecular complexity index is 671. The van der Waals surface area contributed by atoms with Crippen molar-refractivity contribution in [3.8, 4) is 0 Å². The number of hydrogen-bond donors (Lipinski definition) is 0. The highest BCUT2D eigenvalue weighted by atomic mass is 28.3. The predicted octanol–water partition coefficient (Wildman–Crippen LogP) is 5.18. The molecule has 0 bridgehead atoms. The SMILES string of the molecule is CC(C)(C)[Si](C)(C)c1c2c(c3c(c1[Si](C)(C)C(C)(C)C)COC3)COC2. The van der Waals surface area contributed by atoms with Crippen molar-refractivity contribution in [2.45, 2.75) is 104 Å². The van der Waals surface area contributed by atoms with Gasteiger partial charge < -0.3 is 9.47 Å². The second-order valence-corrected chi connectivity index (χ2v) is 21.9. The van der Waals surface area contributed by atoms with Gasteiger partial charge in [-0.05, 0) is 32.3 Å². The van der Waals surface area contributed by atoms with E-state index in [1.54, 1.807) is 21.5 Å². The van der Waals surface area contributed by atoms with Gasteiger partial charge in [-0.15, -0.1) is 0 Å². The Morgan fingerprint density at radius 1 is 0.538 bits per heavy atom. The Balaban J connectivity index is 2.46. The maximum absolute atomic E-state index is 6.02. The third kappa shape index (κ3) is 2.79. The van der Waals surface area contributed by atoms with Crippen LogP contribution in [0.3, 0.4) is 0 Å². The molecule has 0 fully saturated rings. The van der Waals surface area contributed by atoms with Crippen LogP contribution in [0.1, 0.15) is 63.8 Å². The summed E-state index contributed by atoms with van der Waals surface area (Å²) in [6.07, 6.45) is 0. The highest BCUT2D eigenvalue weighted by Crippen LogP contribution is 2.43. The molecule has 1 aromatic rings. The van der Waals surface area contributed by atoms with E-state index in [-0.39, 0.29) is 0 Å². The number of rotatable bonds is 2. The molecule has 0 saturated carbocycles. The topological polar surface area (TPSA) is 18.5 Å². The van der Waals surface area contributed by atoms with Crippen LogP contribution in [0.2, 0.25) is 36.3 Å².